The zero-order valence-corrected chi connectivity index (χ0v) is 13.9. The van der Waals surface area contributed by atoms with Crippen molar-refractivity contribution in [2.75, 3.05) is 5.75 Å². The van der Waals surface area contributed by atoms with Crippen molar-refractivity contribution in [3.05, 3.63) is 39.8 Å². The lowest BCUT2D eigenvalue weighted by Gasteiger charge is -2.19. The van der Waals surface area contributed by atoms with Gasteiger partial charge in [0.05, 0.1) is 22.2 Å². The molecule has 2 heterocycles. The van der Waals surface area contributed by atoms with Crippen LogP contribution in [-0.4, -0.2) is 15.7 Å². The number of hydrogen-bond acceptors (Lipinski definition) is 5. The van der Waals surface area contributed by atoms with Gasteiger partial charge in [0.25, 0.3) is 0 Å². The SMILES string of the molecule is Cc1cc(C#N)cc(C)c1Oc1nc(Cl)nc2c1SCCC2. The van der Waals surface area contributed by atoms with Crippen LogP contribution in [-0.2, 0) is 6.42 Å². The van der Waals surface area contributed by atoms with Crippen LogP contribution >= 0.6 is 23.4 Å². The second-order valence-corrected chi connectivity index (χ2v) is 6.62. The van der Waals surface area contributed by atoms with E-state index in [4.69, 9.17) is 21.6 Å². The average molecular weight is 332 g/mol. The summed E-state index contributed by atoms with van der Waals surface area (Å²) in [6.07, 6.45) is 1.98. The van der Waals surface area contributed by atoms with E-state index in [1.54, 1.807) is 11.8 Å². The van der Waals surface area contributed by atoms with Crippen LogP contribution in [0.15, 0.2) is 17.0 Å². The number of thioether (sulfide) groups is 1. The maximum atomic E-state index is 9.03. The monoisotopic (exact) mass is 331 g/mol. The second kappa shape index (κ2) is 6.15. The van der Waals surface area contributed by atoms with Gasteiger partial charge in [0.15, 0.2) is 0 Å². The van der Waals surface area contributed by atoms with E-state index in [1.165, 1.54) is 0 Å². The number of ether oxygens (including phenoxy) is 1. The maximum absolute atomic E-state index is 9.03. The highest BCUT2D eigenvalue weighted by molar-refractivity contribution is 7.99. The fourth-order valence-corrected chi connectivity index (χ4v) is 3.71. The van der Waals surface area contributed by atoms with Crippen molar-refractivity contribution in [1.29, 1.82) is 5.26 Å². The molecular weight excluding hydrogens is 318 g/mol. The number of nitriles is 1. The molecule has 0 unspecified atom stereocenters. The van der Waals surface area contributed by atoms with Gasteiger partial charge in [-0.3, -0.25) is 0 Å². The van der Waals surface area contributed by atoms with Crippen molar-refractivity contribution in [2.24, 2.45) is 0 Å². The van der Waals surface area contributed by atoms with E-state index in [0.717, 1.165) is 46.1 Å². The molecule has 3 rings (SSSR count). The van der Waals surface area contributed by atoms with E-state index in [1.807, 2.05) is 26.0 Å². The van der Waals surface area contributed by atoms with Gasteiger partial charge in [0, 0.05) is 0 Å². The molecule has 0 aliphatic carbocycles. The summed E-state index contributed by atoms with van der Waals surface area (Å²) in [4.78, 5) is 9.52. The molecule has 0 radical (unpaired) electrons. The lowest BCUT2D eigenvalue weighted by Crippen LogP contribution is -2.06. The van der Waals surface area contributed by atoms with E-state index < -0.39 is 0 Å². The number of halogens is 1. The summed E-state index contributed by atoms with van der Waals surface area (Å²) in [5.74, 6) is 2.26. The summed E-state index contributed by atoms with van der Waals surface area (Å²) in [6.45, 7) is 3.84. The molecule has 0 amide bonds. The largest absolute Gasteiger partial charge is 0.437 e. The molecule has 1 aromatic heterocycles. The molecule has 0 saturated heterocycles. The molecule has 0 N–H and O–H groups in total. The molecule has 6 heteroatoms. The van der Waals surface area contributed by atoms with E-state index in [-0.39, 0.29) is 5.28 Å². The van der Waals surface area contributed by atoms with Gasteiger partial charge in [0.1, 0.15) is 5.75 Å². The zero-order chi connectivity index (χ0) is 15.7. The van der Waals surface area contributed by atoms with Crippen LogP contribution < -0.4 is 4.74 Å². The fourth-order valence-electron chi connectivity index (χ4n) is 2.52. The van der Waals surface area contributed by atoms with E-state index in [9.17, 15) is 0 Å². The highest BCUT2D eigenvalue weighted by atomic mass is 35.5. The molecule has 2 aromatic rings. The normalized spacial score (nSPS) is 13.4. The summed E-state index contributed by atoms with van der Waals surface area (Å²) in [5, 5.41) is 9.24. The minimum atomic E-state index is 0.209. The van der Waals surface area contributed by atoms with Crippen molar-refractivity contribution in [2.45, 2.75) is 31.6 Å². The first-order valence-electron chi connectivity index (χ1n) is 6.97. The molecule has 1 aliphatic heterocycles. The van der Waals surface area contributed by atoms with Gasteiger partial charge < -0.3 is 4.74 Å². The quantitative estimate of drug-likeness (QED) is 0.761. The van der Waals surface area contributed by atoms with Crippen molar-refractivity contribution in [1.82, 2.24) is 9.97 Å². The Morgan fingerprint density at radius 2 is 2.00 bits per heavy atom. The van der Waals surface area contributed by atoms with Gasteiger partial charge in [-0.1, -0.05) is 0 Å². The van der Waals surface area contributed by atoms with Crippen LogP contribution in [0.3, 0.4) is 0 Å². The summed E-state index contributed by atoms with van der Waals surface area (Å²) in [5.41, 5.74) is 3.39. The number of aryl methyl sites for hydroxylation is 3. The third-order valence-corrected chi connectivity index (χ3v) is 4.83. The second-order valence-electron chi connectivity index (χ2n) is 5.18. The maximum Gasteiger partial charge on any atom is 0.237 e. The Hall–Kier alpha value is -1.77. The van der Waals surface area contributed by atoms with E-state index in [0.29, 0.717) is 11.4 Å². The van der Waals surface area contributed by atoms with Crippen molar-refractivity contribution >= 4 is 23.4 Å². The van der Waals surface area contributed by atoms with E-state index in [2.05, 4.69) is 16.0 Å². The first-order valence-corrected chi connectivity index (χ1v) is 8.33. The summed E-state index contributed by atoms with van der Waals surface area (Å²) in [6, 6.07) is 5.77. The third kappa shape index (κ3) is 2.90. The number of hydrogen-bond donors (Lipinski definition) is 0. The van der Waals surface area contributed by atoms with Gasteiger partial charge in [-0.05, 0) is 67.3 Å². The molecule has 22 heavy (non-hydrogen) atoms. The van der Waals surface area contributed by atoms with Gasteiger partial charge in [0.2, 0.25) is 11.2 Å². The Kier molecular flexibility index (Phi) is 4.23. The number of nitrogens with zero attached hydrogens (tertiary/aromatic N) is 3. The molecule has 0 atom stereocenters. The van der Waals surface area contributed by atoms with Crippen molar-refractivity contribution < 1.29 is 4.74 Å². The molecule has 0 saturated carbocycles. The topological polar surface area (TPSA) is 58.8 Å². The van der Waals surface area contributed by atoms with Crippen molar-refractivity contribution in [3.8, 4) is 17.7 Å². The van der Waals surface area contributed by atoms with E-state index >= 15 is 0 Å². The van der Waals surface area contributed by atoms with Crippen LogP contribution in [0.1, 0.15) is 28.8 Å². The number of fused-ring (bicyclic) bond motifs is 1. The predicted molar refractivity (Wildman–Crippen MR) is 86.8 cm³/mol. The molecule has 0 bridgehead atoms. The van der Waals surface area contributed by atoms with Gasteiger partial charge >= 0.3 is 0 Å². The highest BCUT2D eigenvalue weighted by Crippen LogP contribution is 2.39. The number of rotatable bonds is 2. The van der Waals surface area contributed by atoms with Crippen LogP contribution in [0, 0.1) is 25.2 Å². The Bertz CT molecular complexity index is 763. The first-order chi connectivity index (χ1) is 10.6. The highest BCUT2D eigenvalue weighted by Gasteiger charge is 2.21. The fraction of sp³-hybridized carbons (Fsp3) is 0.312. The van der Waals surface area contributed by atoms with Crippen LogP contribution in [0.2, 0.25) is 5.28 Å². The Labute approximate surface area is 138 Å². The van der Waals surface area contributed by atoms with Gasteiger partial charge in [-0.15, -0.1) is 11.8 Å². The standard InChI is InChI=1S/C16H14ClN3OS/c1-9-6-11(8-18)7-10(2)13(9)21-15-14-12(4-3-5-22-14)19-16(17)20-15/h6-7H,3-5H2,1-2H3. The lowest BCUT2D eigenvalue weighted by atomic mass is 10.1. The number of aromatic nitrogens is 2. The predicted octanol–water partition coefficient (Wildman–Crippen LogP) is 4.45. The minimum absolute atomic E-state index is 0.209. The Balaban J connectivity index is 2.04. The summed E-state index contributed by atoms with van der Waals surface area (Å²) < 4.78 is 6.05. The Morgan fingerprint density at radius 3 is 2.68 bits per heavy atom. The molecule has 0 spiro atoms. The molecule has 112 valence electrons. The minimum Gasteiger partial charge on any atom is -0.437 e. The Morgan fingerprint density at radius 1 is 1.27 bits per heavy atom. The molecular formula is C16H14ClN3OS. The lowest BCUT2D eigenvalue weighted by molar-refractivity contribution is 0.439. The van der Waals surface area contributed by atoms with Crippen LogP contribution in [0.25, 0.3) is 0 Å². The van der Waals surface area contributed by atoms with Gasteiger partial charge in [-0.2, -0.15) is 10.2 Å². The third-order valence-electron chi connectivity index (χ3n) is 3.47. The molecule has 4 nitrogen and oxygen atoms in total. The molecule has 1 aliphatic rings. The van der Waals surface area contributed by atoms with Crippen LogP contribution in [0.5, 0.6) is 11.6 Å². The van der Waals surface area contributed by atoms with Gasteiger partial charge in [-0.25, -0.2) is 4.98 Å². The van der Waals surface area contributed by atoms with Crippen LogP contribution in [0.4, 0.5) is 0 Å². The molecule has 0 fully saturated rings. The van der Waals surface area contributed by atoms with Crippen molar-refractivity contribution in [3.63, 3.8) is 0 Å². The zero-order valence-electron chi connectivity index (χ0n) is 12.3. The number of benzene rings is 1. The summed E-state index contributed by atoms with van der Waals surface area (Å²) in [7, 11) is 0. The average Bonchev–Trinajstić information content (AvgIpc) is 2.50. The summed E-state index contributed by atoms with van der Waals surface area (Å²) >= 11 is 7.72. The molecule has 1 aromatic carbocycles. The first kappa shape index (κ1) is 15.1. The smallest absolute Gasteiger partial charge is 0.237 e.